The Hall–Kier alpha value is -1.84. The molecule has 1 amide bonds. The first-order valence-electron chi connectivity index (χ1n) is 4.46. The average molecular weight is 189 g/mol. The number of carbonyl (C=O) groups excluding carboxylic acids is 1. The fourth-order valence-corrected chi connectivity index (χ4v) is 1.38. The summed E-state index contributed by atoms with van der Waals surface area (Å²) in [6.07, 6.45) is 0. The lowest BCUT2D eigenvalue weighted by Crippen LogP contribution is -2.19. The van der Waals surface area contributed by atoms with Crippen LogP contribution >= 0.6 is 0 Å². The Kier molecular flexibility index (Phi) is 2.18. The molecule has 0 unspecified atom stereocenters. The van der Waals surface area contributed by atoms with Crippen molar-refractivity contribution in [2.45, 2.75) is 0 Å². The van der Waals surface area contributed by atoms with Crippen LogP contribution in [0.15, 0.2) is 29.3 Å². The molecule has 4 heteroatoms. The van der Waals surface area contributed by atoms with Gasteiger partial charge >= 0.3 is 0 Å². The van der Waals surface area contributed by atoms with Gasteiger partial charge in [-0.2, -0.15) is 0 Å². The number of nitrogens with one attached hydrogen (secondary N) is 1. The Balaban J connectivity index is 2.25. The number of primary amides is 1. The number of amides is 1. The molecule has 1 heterocycles. The minimum Gasteiger partial charge on any atom is -0.368 e. The molecule has 1 aromatic rings. The van der Waals surface area contributed by atoms with E-state index in [0.29, 0.717) is 5.56 Å². The summed E-state index contributed by atoms with van der Waals surface area (Å²) in [4.78, 5) is 15.1. The Morgan fingerprint density at radius 3 is 2.57 bits per heavy atom. The molecule has 0 radical (unpaired) electrons. The Morgan fingerprint density at radius 1 is 1.36 bits per heavy atom. The van der Waals surface area contributed by atoms with Gasteiger partial charge in [0.2, 0.25) is 5.91 Å². The second-order valence-electron chi connectivity index (χ2n) is 3.10. The number of nitrogens with zero attached hydrogens (tertiary/aromatic N) is 1. The second-order valence-corrected chi connectivity index (χ2v) is 3.10. The molecule has 0 spiro atoms. The van der Waals surface area contributed by atoms with E-state index in [9.17, 15) is 4.79 Å². The smallest absolute Gasteiger partial charge is 0.248 e. The van der Waals surface area contributed by atoms with E-state index in [0.717, 1.165) is 24.5 Å². The number of benzene rings is 1. The predicted molar refractivity (Wildman–Crippen MR) is 54.4 cm³/mol. The monoisotopic (exact) mass is 189 g/mol. The van der Waals surface area contributed by atoms with Gasteiger partial charge in [0.25, 0.3) is 0 Å². The highest BCUT2D eigenvalue weighted by atomic mass is 16.1. The van der Waals surface area contributed by atoms with Gasteiger partial charge in [0, 0.05) is 17.7 Å². The van der Waals surface area contributed by atoms with E-state index in [1.165, 1.54) is 0 Å². The summed E-state index contributed by atoms with van der Waals surface area (Å²) in [5, 5.41) is 3.16. The van der Waals surface area contributed by atoms with Crippen molar-refractivity contribution in [1.82, 2.24) is 5.32 Å². The summed E-state index contributed by atoms with van der Waals surface area (Å²) in [6.45, 7) is 1.69. The largest absolute Gasteiger partial charge is 0.368 e. The third kappa shape index (κ3) is 1.59. The van der Waals surface area contributed by atoms with Crippen LogP contribution in [0.25, 0.3) is 0 Å². The molecule has 0 aromatic heterocycles. The molecule has 14 heavy (non-hydrogen) atoms. The Morgan fingerprint density at radius 2 is 2.07 bits per heavy atom. The van der Waals surface area contributed by atoms with Crippen molar-refractivity contribution in [2.24, 2.45) is 10.7 Å². The van der Waals surface area contributed by atoms with Gasteiger partial charge in [0.15, 0.2) is 0 Å². The van der Waals surface area contributed by atoms with Crippen LogP contribution in [-0.2, 0) is 0 Å². The molecule has 3 N–H and O–H groups in total. The molecule has 1 aromatic carbocycles. The van der Waals surface area contributed by atoms with Crippen LogP contribution in [0.3, 0.4) is 0 Å². The molecule has 72 valence electrons. The van der Waals surface area contributed by atoms with Crippen LogP contribution in [-0.4, -0.2) is 24.8 Å². The number of carbonyl (C=O) groups is 1. The first-order valence-corrected chi connectivity index (χ1v) is 4.46. The summed E-state index contributed by atoms with van der Waals surface area (Å²) in [5.74, 6) is 0.485. The molecule has 4 nitrogen and oxygen atoms in total. The van der Waals surface area contributed by atoms with E-state index < -0.39 is 5.91 Å². The Labute approximate surface area is 81.8 Å². The van der Waals surface area contributed by atoms with Crippen molar-refractivity contribution in [3.8, 4) is 0 Å². The lowest BCUT2D eigenvalue weighted by atomic mass is 10.1. The topological polar surface area (TPSA) is 67.5 Å². The van der Waals surface area contributed by atoms with Crippen LogP contribution in [0.5, 0.6) is 0 Å². The van der Waals surface area contributed by atoms with E-state index in [2.05, 4.69) is 10.3 Å². The fourth-order valence-electron chi connectivity index (χ4n) is 1.38. The summed E-state index contributed by atoms with van der Waals surface area (Å²) >= 11 is 0. The van der Waals surface area contributed by atoms with Gasteiger partial charge in [-0.3, -0.25) is 9.79 Å². The van der Waals surface area contributed by atoms with Crippen LogP contribution in [0, 0.1) is 0 Å². The molecule has 0 aliphatic carbocycles. The number of hydrogen-bond donors (Lipinski definition) is 2. The molecule has 0 saturated carbocycles. The molecule has 0 bridgehead atoms. The van der Waals surface area contributed by atoms with Crippen molar-refractivity contribution < 1.29 is 4.79 Å². The van der Waals surface area contributed by atoms with Crippen molar-refractivity contribution in [2.75, 3.05) is 13.1 Å². The molecule has 1 aliphatic heterocycles. The maximum Gasteiger partial charge on any atom is 0.248 e. The maximum atomic E-state index is 10.8. The van der Waals surface area contributed by atoms with E-state index >= 15 is 0 Å². The predicted octanol–water partition coefficient (Wildman–Crippen LogP) is 0.135. The van der Waals surface area contributed by atoms with Crippen LogP contribution in [0.2, 0.25) is 0 Å². The van der Waals surface area contributed by atoms with Crippen molar-refractivity contribution >= 4 is 11.7 Å². The van der Waals surface area contributed by atoms with Gasteiger partial charge < -0.3 is 11.1 Å². The molecular formula is C10H11N3O. The van der Waals surface area contributed by atoms with Crippen LogP contribution in [0.1, 0.15) is 15.9 Å². The lowest BCUT2D eigenvalue weighted by Gasteiger charge is -2.02. The molecular weight excluding hydrogens is 178 g/mol. The second kappa shape index (κ2) is 3.49. The molecule has 2 rings (SSSR count). The van der Waals surface area contributed by atoms with Gasteiger partial charge in [-0.05, 0) is 12.1 Å². The zero-order valence-electron chi connectivity index (χ0n) is 7.66. The first kappa shape index (κ1) is 8.74. The third-order valence-corrected chi connectivity index (χ3v) is 2.12. The summed E-state index contributed by atoms with van der Waals surface area (Å²) in [7, 11) is 0. The zero-order valence-corrected chi connectivity index (χ0v) is 7.66. The van der Waals surface area contributed by atoms with E-state index in [1.54, 1.807) is 12.1 Å². The summed E-state index contributed by atoms with van der Waals surface area (Å²) < 4.78 is 0. The average Bonchev–Trinajstić information content (AvgIpc) is 2.71. The van der Waals surface area contributed by atoms with E-state index in [1.807, 2.05) is 12.1 Å². The SMILES string of the molecule is NC(=O)c1ccc(C2=NCCN2)cc1. The standard InChI is InChI=1S/C10H11N3O/c11-9(14)7-1-3-8(4-2-7)10-12-5-6-13-10/h1-4H,5-6H2,(H2,11,14)(H,12,13). The molecule has 0 saturated heterocycles. The molecule has 0 fully saturated rings. The van der Waals surface area contributed by atoms with Gasteiger partial charge in [0.1, 0.15) is 5.84 Å². The van der Waals surface area contributed by atoms with Crippen LogP contribution < -0.4 is 11.1 Å². The number of aliphatic imine (C=N–C) groups is 1. The summed E-state index contributed by atoms with van der Waals surface area (Å²) in [6, 6.07) is 7.11. The van der Waals surface area contributed by atoms with Gasteiger partial charge in [-0.25, -0.2) is 0 Å². The maximum absolute atomic E-state index is 10.8. The highest BCUT2D eigenvalue weighted by Gasteiger charge is 2.08. The van der Waals surface area contributed by atoms with E-state index in [4.69, 9.17) is 5.73 Å². The first-order chi connectivity index (χ1) is 6.77. The molecule has 1 aliphatic rings. The van der Waals surface area contributed by atoms with E-state index in [-0.39, 0.29) is 0 Å². The quantitative estimate of drug-likeness (QED) is 0.694. The van der Waals surface area contributed by atoms with Gasteiger partial charge in [-0.1, -0.05) is 12.1 Å². The van der Waals surface area contributed by atoms with Crippen molar-refractivity contribution in [3.63, 3.8) is 0 Å². The lowest BCUT2D eigenvalue weighted by molar-refractivity contribution is 0.100. The minimum atomic E-state index is -0.405. The van der Waals surface area contributed by atoms with Crippen molar-refractivity contribution in [1.29, 1.82) is 0 Å². The normalized spacial score (nSPS) is 14.7. The fraction of sp³-hybridized carbons (Fsp3) is 0.200. The number of amidine groups is 1. The number of nitrogens with two attached hydrogens (primary N) is 1. The van der Waals surface area contributed by atoms with Crippen LogP contribution in [0.4, 0.5) is 0 Å². The zero-order chi connectivity index (χ0) is 9.97. The van der Waals surface area contributed by atoms with Gasteiger partial charge in [-0.15, -0.1) is 0 Å². The number of hydrogen-bond acceptors (Lipinski definition) is 3. The highest BCUT2D eigenvalue weighted by Crippen LogP contribution is 2.06. The van der Waals surface area contributed by atoms with Crippen molar-refractivity contribution in [3.05, 3.63) is 35.4 Å². The molecule has 0 atom stereocenters. The van der Waals surface area contributed by atoms with Gasteiger partial charge in [0.05, 0.1) is 6.54 Å². The third-order valence-electron chi connectivity index (χ3n) is 2.12. The minimum absolute atomic E-state index is 0.405. The number of rotatable bonds is 2. The highest BCUT2D eigenvalue weighted by molar-refractivity contribution is 6.01. The Bertz CT molecular complexity index is 381. The summed E-state index contributed by atoms with van der Waals surface area (Å²) in [5.41, 5.74) is 6.65.